The fraction of sp³-hybridized carbons (Fsp3) is 0.261. The molecule has 1 aromatic heterocycles. The highest BCUT2D eigenvalue weighted by atomic mass is 32.2. The Kier molecular flexibility index (Phi) is 6.57. The third-order valence-electron chi connectivity index (χ3n) is 4.86. The summed E-state index contributed by atoms with van der Waals surface area (Å²) in [6.07, 6.45) is 0. The van der Waals surface area contributed by atoms with Crippen molar-refractivity contribution in [2.75, 3.05) is 11.9 Å². The topological polar surface area (TPSA) is 85.2 Å². The summed E-state index contributed by atoms with van der Waals surface area (Å²) in [5.74, 6) is 2.31. The number of thioether (sulfide) groups is 1. The predicted octanol–water partition coefficient (Wildman–Crippen LogP) is 3.27. The molecule has 1 aliphatic rings. The SMILES string of the molecule is Cc1cccc(OCC(=O)Nc2c3c(nn2CC(=O)NCc2ccccc2)CSC3)c1. The van der Waals surface area contributed by atoms with E-state index in [1.54, 1.807) is 16.4 Å². The van der Waals surface area contributed by atoms with Crippen LogP contribution < -0.4 is 15.4 Å². The normalized spacial score (nSPS) is 12.3. The molecule has 0 aliphatic carbocycles. The van der Waals surface area contributed by atoms with E-state index in [9.17, 15) is 9.59 Å². The van der Waals surface area contributed by atoms with E-state index in [1.165, 1.54) is 0 Å². The van der Waals surface area contributed by atoms with Crippen LogP contribution in [0.2, 0.25) is 0 Å². The number of nitrogens with one attached hydrogen (secondary N) is 2. The smallest absolute Gasteiger partial charge is 0.263 e. The zero-order chi connectivity index (χ0) is 21.6. The van der Waals surface area contributed by atoms with Crippen molar-refractivity contribution >= 4 is 29.4 Å². The number of rotatable bonds is 8. The number of nitrogens with zero attached hydrogens (tertiary/aromatic N) is 2. The van der Waals surface area contributed by atoms with Crippen LogP contribution in [-0.4, -0.2) is 28.2 Å². The maximum absolute atomic E-state index is 12.5. The first-order chi connectivity index (χ1) is 15.1. The minimum Gasteiger partial charge on any atom is -0.484 e. The van der Waals surface area contributed by atoms with Crippen LogP contribution in [-0.2, 0) is 34.2 Å². The lowest BCUT2D eigenvalue weighted by molar-refractivity contribution is -0.122. The van der Waals surface area contributed by atoms with E-state index in [0.717, 1.165) is 33.9 Å². The number of ether oxygens (including phenoxy) is 1. The Morgan fingerprint density at radius 2 is 1.94 bits per heavy atom. The Morgan fingerprint density at radius 3 is 2.74 bits per heavy atom. The zero-order valence-electron chi connectivity index (χ0n) is 17.3. The zero-order valence-corrected chi connectivity index (χ0v) is 18.1. The number of amides is 2. The number of carbonyl (C=O) groups excluding carboxylic acids is 2. The highest BCUT2D eigenvalue weighted by Gasteiger charge is 2.25. The van der Waals surface area contributed by atoms with Gasteiger partial charge in [0, 0.05) is 23.6 Å². The van der Waals surface area contributed by atoms with E-state index in [0.29, 0.717) is 18.1 Å². The minimum atomic E-state index is -0.285. The highest BCUT2D eigenvalue weighted by Crippen LogP contribution is 2.34. The Hall–Kier alpha value is -3.26. The molecule has 0 fully saturated rings. The van der Waals surface area contributed by atoms with Crippen LogP contribution >= 0.6 is 11.8 Å². The Balaban J connectivity index is 1.39. The summed E-state index contributed by atoms with van der Waals surface area (Å²) in [5.41, 5.74) is 3.98. The fourth-order valence-electron chi connectivity index (χ4n) is 3.33. The number of carbonyl (C=O) groups is 2. The number of fused-ring (bicyclic) bond motifs is 1. The van der Waals surface area contributed by atoms with Crippen molar-refractivity contribution in [3.05, 3.63) is 77.0 Å². The summed E-state index contributed by atoms with van der Waals surface area (Å²) >= 11 is 1.74. The van der Waals surface area contributed by atoms with Crippen LogP contribution in [0.15, 0.2) is 54.6 Å². The molecule has 1 aliphatic heterocycles. The van der Waals surface area contributed by atoms with Crippen molar-refractivity contribution in [1.29, 1.82) is 0 Å². The van der Waals surface area contributed by atoms with E-state index in [4.69, 9.17) is 4.74 Å². The fourth-order valence-corrected chi connectivity index (χ4v) is 4.37. The predicted molar refractivity (Wildman–Crippen MR) is 121 cm³/mol. The van der Waals surface area contributed by atoms with Gasteiger partial charge in [0.2, 0.25) is 5.91 Å². The highest BCUT2D eigenvalue weighted by molar-refractivity contribution is 7.98. The van der Waals surface area contributed by atoms with Gasteiger partial charge in [-0.2, -0.15) is 16.9 Å². The molecule has 0 spiro atoms. The summed E-state index contributed by atoms with van der Waals surface area (Å²) in [4.78, 5) is 25.0. The van der Waals surface area contributed by atoms with Crippen molar-refractivity contribution in [3.63, 3.8) is 0 Å². The Labute approximate surface area is 185 Å². The summed E-state index contributed by atoms with van der Waals surface area (Å²) in [5, 5.41) is 10.3. The maximum atomic E-state index is 12.5. The van der Waals surface area contributed by atoms with Gasteiger partial charge in [0.05, 0.1) is 5.69 Å². The number of aryl methyl sites for hydroxylation is 1. The first kappa shape index (κ1) is 21.0. The monoisotopic (exact) mass is 436 g/mol. The van der Waals surface area contributed by atoms with Gasteiger partial charge in [0.25, 0.3) is 5.91 Å². The molecule has 0 bridgehead atoms. The molecule has 2 heterocycles. The number of hydrogen-bond donors (Lipinski definition) is 2. The lowest BCUT2D eigenvalue weighted by Gasteiger charge is -2.12. The number of hydrogen-bond acceptors (Lipinski definition) is 5. The molecule has 3 aromatic rings. The molecule has 2 aromatic carbocycles. The first-order valence-corrected chi connectivity index (χ1v) is 11.2. The van der Waals surface area contributed by atoms with Crippen molar-refractivity contribution in [2.45, 2.75) is 31.5 Å². The van der Waals surface area contributed by atoms with Crippen LogP contribution in [0.1, 0.15) is 22.4 Å². The van der Waals surface area contributed by atoms with Gasteiger partial charge in [0.15, 0.2) is 6.61 Å². The molecule has 7 nitrogen and oxygen atoms in total. The van der Waals surface area contributed by atoms with Crippen molar-refractivity contribution in [2.24, 2.45) is 0 Å². The van der Waals surface area contributed by atoms with Gasteiger partial charge in [-0.15, -0.1) is 0 Å². The average Bonchev–Trinajstić information content (AvgIpc) is 3.34. The standard InChI is InChI=1S/C23H24N4O3S/c1-16-6-5-9-18(10-16)30-13-22(29)25-23-19-14-31-15-20(19)26-27(23)12-21(28)24-11-17-7-3-2-4-8-17/h2-10H,11-15H2,1H3,(H,24,28)(H,25,29). The van der Waals surface area contributed by atoms with Crippen molar-refractivity contribution in [3.8, 4) is 5.75 Å². The van der Waals surface area contributed by atoms with Crippen LogP contribution in [0.5, 0.6) is 5.75 Å². The van der Waals surface area contributed by atoms with Gasteiger partial charge in [-0.05, 0) is 30.2 Å². The molecule has 31 heavy (non-hydrogen) atoms. The maximum Gasteiger partial charge on any atom is 0.263 e. The van der Waals surface area contributed by atoms with Crippen molar-refractivity contribution in [1.82, 2.24) is 15.1 Å². The quantitative estimate of drug-likeness (QED) is 0.566. The van der Waals surface area contributed by atoms with Gasteiger partial charge in [-0.3, -0.25) is 9.59 Å². The molecular formula is C23H24N4O3S. The summed E-state index contributed by atoms with van der Waals surface area (Å²) < 4.78 is 7.18. The van der Waals surface area contributed by atoms with Gasteiger partial charge in [-0.25, -0.2) is 4.68 Å². The van der Waals surface area contributed by atoms with E-state index in [1.807, 2.05) is 61.5 Å². The molecule has 2 amide bonds. The van der Waals surface area contributed by atoms with Crippen LogP contribution in [0, 0.1) is 6.92 Å². The summed E-state index contributed by atoms with van der Waals surface area (Å²) in [6.45, 7) is 2.34. The molecule has 8 heteroatoms. The summed E-state index contributed by atoms with van der Waals surface area (Å²) in [6, 6.07) is 17.3. The Bertz CT molecular complexity index is 1080. The molecule has 0 saturated heterocycles. The van der Waals surface area contributed by atoms with Crippen LogP contribution in [0.25, 0.3) is 0 Å². The van der Waals surface area contributed by atoms with Crippen LogP contribution in [0.3, 0.4) is 0 Å². The van der Waals surface area contributed by atoms with Gasteiger partial charge in [-0.1, -0.05) is 42.5 Å². The molecule has 0 radical (unpaired) electrons. The molecular weight excluding hydrogens is 412 g/mol. The van der Waals surface area contributed by atoms with E-state index < -0.39 is 0 Å². The number of aromatic nitrogens is 2. The average molecular weight is 437 g/mol. The number of benzene rings is 2. The molecule has 4 rings (SSSR count). The second kappa shape index (κ2) is 9.70. The largest absolute Gasteiger partial charge is 0.484 e. The molecule has 0 unspecified atom stereocenters. The second-order valence-electron chi connectivity index (χ2n) is 7.34. The van der Waals surface area contributed by atoms with E-state index in [-0.39, 0.29) is 25.0 Å². The minimum absolute atomic E-state index is 0.0405. The second-order valence-corrected chi connectivity index (χ2v) is 8.33. The Morgan fingerprint density at radius 1 is 1.10 bits per heavy atom. The van der Waals surface area contributed by atoms with E-state index in [2.05, 4.69) is 15.7 Å². The van der Waals surface area contributed by atoms with Gasteiger partial charge in [0.1, 0.15) is 18.1 Å². The third kappa shape index (κ3) is 5.46. The molecule has 0 atom stereocenters. The molecule has 0 saturated carbocycles. The summed E-state index contributed by atoms with van der Waals surface area (Å²) in [7, 11) is 0. The van der Waals surface area contributed by atoms with Crippen LogP contribution in [0.4, 0.5) is 5.82 Å². The van der Waals surface area contributed by atoms with Gasteiger partial charge >= 0.3 is 0 Å². The van der Waals surface area contributed by atoms with Crippen molar-refractivity contribution < 1.29 is 14.3 Å². The van der Waals surface area contributed by atoms with Gasteiger partial charge < -0.3 is 15.4 Å². The lowest BCUT2D eigenvalue weighted by Crippen LogP contribution is -2.29. The number of anilines is 1. The lowest BCUT2D eigenvalue weighted by atomic mass is 10.2. The molecule has 2 N–H and O–H groups in total. The third-order valence-corrected chi connectivity index (χ3v) is 5.83. The van der Waals surface area contributed by atoms with E-state index >= 15 is 0 Å². The molecule has 160 valence electrons. The first-order valence-electron chi connectivity index (χ1n) is 10.0.